The van der Waals surface area contributed by atoms with E-state index in [1.165, 1.54) is 17.8 Å². The van der Waals surface area contributed by atoms with E-state index in [9.17, 15) is 4.79 Å². The van der Waals surface area contributed by atoms with Crippen molar-refractivity contribution >= 4 is 28.8 Å². The summed E-state index contributed by atoms with van der Waals surface area (Å²) in [7, 11) is 0. The Labute approximate surface area is 122 Å². The van der Waals surface area contributed by atoms with E-state index in [-0.39, 0.29) is 23.9 Å². The van der Waals surface area contributed by atoms with E-state index in [0.29, 0.717) is 11.8 Å². The molecule has 2 aliphatic carbocycles. The van der Waals surface area contributed by atoms with Gasteiger partial charge in [0.25, 0.3) is 0 Å². The molecule has 2 saturated carbocycles. The van der Waals surface area contributed by atoms with Crippen LogP contribution in [-0.4, -0.2) is 11.9 Å². The minimum atomic E-state index is 0.0105. The van der Waals surface area contributed by atoms with Crippen molar-refractivity contribution < 1.29 is 4.79 Å². The van der Waals surface area contributed by atoms with Gasteiger partial charge in [0.2, 0.25) is 5.91 Å². The third-order valence-electron chi connectivity index (χ3n) is 4.66. The fourth-order valence-electron chi connectivity index (χ4n) is 3.67. The number of nitrogens with two attached hydrogens (primary N) is 1. The summed E-state index contributed by atoms with van der Waals surface area (Å²) in [5, 5.41) is 3.10. The monoisotopic (exact) mass is 298 g/mol. The summed E-state index contributed by atoms with van der Waals surface area (Å²) in [5.41, 5.74) is 6.20. The van der Waals surface area contributed by atoms with Crippen molar-refractivity contribution in [1.29, 1.82) is 0 Å². The first-order valence-electron chi connectivity index (χ1n) is 6.87. The number of carbonyl (C=O) groups is 1. The molecule has 2 fully saturated rings. The summed E-state index contributed by atoms with van der Waals surface area (Å²) in [4.78, 5) is 13.5. The van der Waals surface area contributed by atoms with Crippen LogP contribution in [0.2, 0.25) is 4.34 Å². The van der Waals surface area contributed by atoms with Gasteiger partial charge in [-0.15, -0.1) is 11.3 Å². The highest BCUT2D eigenvalue weighted by molar-refractivity contribution is 7.16. The number of rotatable bonds is 3. The molecule has 19 heavy (non-hydrogen) atoms. The summed E-state index contributed by atoms with van der Waals surface area (Å²) >= 11 is 7.44. The van der Waals surface area contributed by atoms with Crippen LogP contribution in [0.25, 0.3) is 0 Å². The van der Waals surface area contributed by atoms with Crippen molar-refractivity contribution in [2.24, 2.45) is 23.5 Å². The number of carbonyl (C=O) groups excluding carboxylic acids is 1. The van der Waals surface area contributed by atoms with Crippen molar-refractivity contribution in [3.8, 4) is 0 Å². The average molecular weight is 299 g/mol. The third-order valence-corrected chi connectivity index (χ3v) is 6.08. The predicted molar refractivity (Wildman–Crippen MR) is 78.2 cm³/mol. The van der Waals surface area contributed by atoms with E-state index in [0.717, 1.165) is 22.1 Å². The average Bonchev–Trinajstić information content (AvgIpc) is 3.03. The van der Waals surface area contributed by atoms with E-state index in [1.807, 2.05) is 19.1 Å². The van der Waals surface area contributed by atoms with E-state index >= 15 is 0 Å². The number of hydrogen-bond donors (Lipinski definition) is 2. The van der Waals surface area contributed by atoms with Gasteiger partial charge in [0, 0.05) is 10.9 Å². The van der Waals surface area contributed by atoms with Crippen molar-refractivity contribution in [1.82, 2.24) is 5.32 Å². The highest BCUT2D eigenvalue weighted by atomic mass is 35.5. The van der Waals surface area contributed by atoms with Gasteiger partial charge in [-0.2, -0.15) is 0 Å². The number of fused-ring (bicyclic) bond motifs is 2. The SMILES string of the molecule is CC(NC(=O)C1C2CCC(C2)C1N)c1ccc(Cl)s1. The van der Waals surface area contributed by atoms with Crippen LogP contribution in [0.3, 0.4) is 0 Å². The second-order valence-electron chi connectivity index (χ2n) is 5.81. The quantitative estimate of drug-likeness (QED) is 0.901. The molecule has 1 aromatic heterocycles. The number of halogens is 1. The lowest BCUT2D eigenvalue weighted by Crippen LogP contribution is -2.45. The summed E-state index contributed by atoms with van der Waals surface area (Å²) in [6.45, 7) is 2.00. The molecule has 0 radical (unpaired) electrons. The zero-order valence-electron chi connectivity index (χ0n) is 10.9. The molecule has 3 nitrogen and oxygen atoms in total. The van der Waals surface area contributed by atoms with Crippen LogP contribution in [0, 0.1) is 17.8 Å². The molecule has 2 bridgehead atoms. The maximum atomic E-state index is 12.4. The fourth-order valence-corrected chi connectivity index (χ4v) is 4.73. The van der Waals surface area contributed by atoms with Crippen molar-refractivity contribution in [2.75, 3.05) is 0 Å². The molecule has 0 spiro atoms. The Morgan fingerprint density at radius 3 is 2.79 bits per heavy atom. The molecule has 2 aliphatic rings. The fraction of sp³-hybridized carbons (Fsp3) is 0.643. The topological polar surface area (TPSA) is 55.1 Å². The molecule has 3 N–H and O–H groups in total. The van der Waals surface area contributed by atoms with Gasteiger partial charge in [-0.05, 0) is 50.2 Å². The molecule has 104 valence electrons. The molecule has 1 aromatic rings. The molecule has 5 atom stereocenters. The normalized spacial score (nSPS) is 34.5. The molecule has 1 heterocycles. The second kappa shape index (κ2) is 5.08. The first-order valence-corrected chi connectivity index (χ1v) is 8.07. The number of thiophene rings is 1. The van der Waals surface area contributed by atoms with Gasteiger partial charge in [0.1, 0.15) is 0 Å². The maximum Gasteiger partial charge on any atom is 0.225 e. The predicted octanol–water partition coefficient (Wildman–Crippen LogP) is 2.95. The van der Waals surface area contributed by atoms with E-state index < -0.39 is 0 Å². The highest BCUT2D eigenvalue weighted by Gasteiger charge is 2.49. The van der Waals surface area contributed by atoms with Crippen LogP contribution in [0.4, 0.5) is 0 Å². The summed E-state index contributed by atoms with van der Waals surface area (Å²) in [6.07, 6.45) is 3.50. The lowest BCUT2D eigenvalue weighted by molar-refractivity contribution is -0.127. The Kier molecular flexibility index (Phi) is 3.58. The molecular formula is C14H19ClN2OS. The molecule has 5 unspecified atom stereocenters. The largest absolute Gasteiger partial charge is 0.348 e. The van der Waals surface area contributed by atoms with Crippen LogP contribution < -0.4 is 11.1 Å². The zero-order valence-corrected chi connectivity index (χ0v) is 12.5. The molecule has 0 saturated heterocycles. The highest BCUT2D eigenvalue weighted by Crippen LogP contribution is 2.47. The number of amides is 1. The molecule has 1 amide bonds. The van der Waals surface area contributed by atoms with E-state index in [2.05, 4.69) is 5.32 Å². The Balaban J connectivity index is 1.65. The van der Waals surface area contributed by atoms with Crippen molar-refractivity contribution in [3.63, 3.8) is 0 Å². The minimum absolute atomic E-state index is 0.0105. The Bertz CT molecular complexity index is 488. The maximum absolute atomic E-state index is 12.4. The lowest BCUT2D eigenvalue weighted by Gasteiger charge is -2.28. The van der Waals surface area contributed by atoms with Crippen LogP contribution in [0.15, 0.2) is 12.1 Å². The van der Waals surface area contributed by atoms with Gasteiger partial charge >= 0.3 is 0 Å². The Morgan fingerprint density at radius 2 is 2.21 bits per heavy atom. The first-order chi connectivity index (χ1) is 9.06. The summed E-state index contributed by atoms with van der Waals surface area (Å²) in [6, 6.07) is 3.90. The van der Waals surface area contributed by atoms with Crippen molar-refractivity contribution in [2.45, 2.75) is 38.3 Å². The van der Waals surface area contributed by atoms with Gasteiger partial charge in [-0.3, -0.25) is 4.79 Å². The van der Waals surface area contributed by atoms with Crippen molar-refractivity contribution in [3.05, 3.63) is 21.3 Å². The first kappa shape index (κ1) is 13.4. The molecular weight excluding hydrogens is 280 g/mol. The van der Waals surface area contributed by atoms with Gasteiger partial charge in [-0.1, -0.05) is 11.6 Å². The van der Waals surface area contributed by atoms with E-state index in [4.69, 9.17) is 17.3 Å². The van der Waals surface area contributed by atoms with Gasteiger partial charge in [0.05, 0.1) is 16.3 Å². The number of nitrogens with one attached hydrogen (secondary N) is 1. The smallest absolute Gasteiger partial charge is 0.225 e. The Hall–Kier alpha value is -0.580. The summed E-state index contributed by atoms with van der Waals surface area (Å²) in [5.74, 6) is 1.19. The lowest BCUT2D eigenvalue weighted by atomic mass is 9.84. The minimum Gasteiger partial charge on any atom is -0.348 e. The van der Waals surface area contributed by atoms with Crippen LogP contribution in [0.1, 0.15) is 37.1 Å². The van der Waals surface area contributed by atoms with Crippen LogP contribution in [0.5, 0.6) is 0 Å². The molecule has 3 rings (SSSR count). The third kappa shape index (κ3) is 2.41. The van der Waals surface area contributed by atoms with Crippen LogP contribution in [-0.2, 0) is 4.79 Å². The molecule has 5 heteroatoms. The number of hydrogen-bond acceptors (Lipinski definition) is 3. The van der Waals surface area contributed by atoms with Crippen LogP contribution >= 0.6 is 22.9 Å². The van der Waals surface area contributed by atoms with E-state index in [1.54, 1.807) is 0 Å². The van der Waals surface area contributed by atoms with Gasteiger partial charge in [0.15, 0.2) is 0 Å². The van der Waals surface area contributed by atoms with Gasteiger partial charge < -0.3 is 11.1 Å². The second-order valence-corrected chi connectivity index (χ2v) is 7.56. The summed E-state index contributed by atoms with van der Waals surface area (Å²) < 4.78 is 0.757. The zero-order chi connectivity index (χ0) is 13.6. The molecule has 0 aliphatic heterocycles. The van der Waals surface area contributed by atoms with Gasteiger partial charge in [-0.25, -0.2) is 0 Å². The molecule has 0 aromatic carbocycles. The Morgan fingerprint density at radius 1 is 1.47 bits per heavy atom. The standard InChI is InChI=1S/C14H19ClN2OS/c1-7(10-4-5-11(15)19-10)17-14(18)12-8-2-3-9(6-8)13(12)16/h4-5,7-9,12-13H,2-3,6,16H2,1H3,(H,17,18).